The number of aliphatic hydroxyl groups excluding tert-OH is 1. The van der Waals surface area contributed by atoms with E-state index in [1.165, 1.54) is 4.90 Å². The van der Waals surface area contributed by atoms with E-state index in [2.05, 4.69) is 14.4 Å². The number of aromatic amines is 1. The average molecular weight is 454 g/mol. The fraction of sp³-hybridized carbons (Fsp3) is 0.778. The number of amides is 1. The molecule has 0 radical (unpaired) electrons. The van der Waals surface area contributed by atoms with E-state index in [0.717, 1.165) is 6.26 Å². The summed E-state index contributed by atoms with van der Waals surface area (Å²) in [4.78, 5) is 13.8. The second kappa shape index (κ2) is 8.75. The minimum atomic E-state index is -3.68. The first-order chi connectivity index (χ1) is 13.6. The Labute approximate surface area is 174 Å². The number of aromatic nitrogens is 2. The molecule has 0 bridgehead atoms. The Bertz CT molecular complexity index is 866. The van der Waals surface area contributed by atoms with E-state index >= 15 is 0 Å². The second-order valence-electron chi connectivity index (χ2n) is 8.49. The largest absolute Gasteiger partial charge is 0.444 e. The van der Waals surface area contributed by atoms with Gasteiger partial charge in [0.05, 0.1) is 25.1 Å². The molecule has 0 spiro atoms. The molecule has 2 heterocycles. The van der Waals surface area contributed by atoms with Crippen LogP contribution in [0.15, 0.2) is 0 Å². The second-order valence-corrected chi connectivity index (χ2v) is 10.1. The minimum absolute atomic E-state index is 0.0821. The fourth-order valence-corrected chi connectivity index (χ4v) is 3.55. The molecule has 0 fully saturated rings. The molecule has 2 N–H and O–H groups in total. The number of rotatable bonds is 7. The van der Waals surface area contributed by atoms with Gasteiger partial charge in [0, 0.05) is 18.0 Å². The number of aliphatic hydroxyl groups is 1. The Balaban J connectivity index is 2.14. The normalized spacial score (nSPS) is 18.8. The van der Waals surface area contributed by atoms with E-state index < -0.39 is 39.5 Å². The standard InChI is InChI=1S/C18H29F2N3O6S/c1-11-9-13-12(10-23(11)16(25)29-17(2,3)4)15(22-21-13)18(19,20)14(24)7-6-8-28-30(5,26)27/h11,14,24H,6-10H2,1-5H3,(H,21,22)/t11-,14?/m1/s1. The van der Waals surface area contributed by atoms with Gasteiger partial charge in [0.25, 0.3) is 10.1 Å². The number of nitrogens with zero attached hydrogens (tertiary/aromatic N) is 2. The van der Waals surface area contributed by atoms with Gasteiger partial charge in [-0.15, -0.1) is 0 Å². The number of hydrogen-bond acceptors (Lipinski definition) is 7. The van der Waals surface area contributed by atoms with Crippen LogP contribution in [0.2, 0.25) is 0 Å². The van der Waals surface area contributed by atoms with Crippen LogP contribution >= 0.6 is 0 Å². The molecule has 2 atom stereocenters. The van der Waals surface area contributed by atoms with Gasteiger partial charge in [0.1, 0.15) is 17.4 Å². The summed E-state index contributed by atoms with van der Waals surface area (Å²) in [6, 6.07) is -0.296. The third-order valence-corrected chi connectivity index (χ3v) is 5.20. The monoisotopic (exact) mass is 453 g/mol. The predicted molar refractivity (Wildman–Crippen MR) is 103 cm³/mol. The summed E-state index contributed by atoms with van der Waals surface area (Å²) >= 11 is 0. The molecule has 1 aromatic heterocycles. The van der Waals surface area contributed by atoms with Crippen molar-refractivity contribution in [2.75, 3.05) is 12.9 Å². The molecule has 30 heavy (non-hydrogen) atoms. The van der Waals surface area contributed by atoms with E-state index in [4.69, 9.17) is 4.74 Å². The van der Waals surface area contributed by atoms with Crippen molar-refractivity contribution in [1.29, 1.82) is 0 Å². The number of hydrogen-bond donors (Lipinski definition) is 2. The van der Waals surface area contributed by atoms with Gasteiger partial charge in [0.15, 0.2) is 0 Å². The van der Waals surface area contributed by atoms with E-state index in [-0.39, 0.29) is 44.0 Å². The molecule has 1 aliphatic rings. The van der Waals surface area contributed by atoms with Gasteiger partial charge in [-0.25, -0.2) is 4.79 Å². The van der Waals surface area contributed by atoms with Crippen LogP contribution in [0, 0.1) is 0 Å². The van der Waals surface area contributed by atoms with Gasteiger partial charge in [-0.3, -0.25) is 9.28 Å². The Kier molecular flexibility index (Phi) is 7.14. The molecule has 1 aliphatic heterocycles. The Morgan fingerprint density at radius 3 is 2.60 bits per heavy atom. The summed E-state index contributed by atoms with van der Waals surface area (Å²) in [7, 11) is -3.68. The molecule has 0 saturated heterocycles. The number of alkyl halides is 2. The number of halogens is 2. The molecule has 1 amide bonds. The lowest BCUT2D eigenvalue weighted by Crippen LogP contribution is -2.45. The van der Waals surface area contributed by atoms with Crippen molar-refractivity contribution in [1.82, 2.24) is 15.1 Å². The first-order valence-corrected chi connectivity index (χ1v) is 11.4. The highest BCUT2D eigenvalue weighted by Crippen LogP contribution is 2.38. The molecule has 1 unspecified atom stereocenters. The molecule has 1 aromatic rings. The smallest absolute Gasteiger partial charge is 0.410 e. The fourth-order valence-electron chi connectivity index (χ4n) is 3.13. The number of nitrogens with one attached hydrogen (secondary N) is 1. The molecule has 9 nitrogen and oxygen atoms in total. The summed E-state index contributed by atoms with van der Waals surface area (Å²) in [5, 5.41) is 16.3. The molecular formula is C18H29F2N3O6S. The average Bonchev–Trinajstić information content (AvgIpc) is 2.98. The summed E-state index contributed by atoms with van der Waals surface area (Å²) in [5.74, 6) is -3.67. The zero-order valence-corrected chi connectivity index (χ0v) is 18.6. The van der Waals surface area contributed by atoms with Crippen molar-refractivity contribution >= 4 is 16.2 Å². The minimum Gasteiger partial charge on any atom is -0.444 e. The summed E-state index contributed by atoms with van der Waals surface area (Å²) in [6.07, 6.45) is -2.05. The van der Waals surface area contributed by atoms with Crippen molar-refractivity contribution in [2.24, 2.45) is 0 Å². The van der Waals surface area contributed by atoms with Crippen LogP contribution in [0.1, 0.15) is 57.5 Å². The Morgan fingerprint density at radius 2 is 2.03 bits per heavy atom. The zero-order chi connectivity index (χ0) is 22.9. The third kappa shape index (κ3) is 6.11. The van der Waals surface area contributed by atoms with Gasteiger partial charge in [-0.2, -0.15) is 22.3 Å². The number of H-pyrrole nitrogens is 1. The maximum Gasteiger partial charge on any atom is 0.410 e. The van der Waals surface area contributed by atoms with Gasteiger partial charge in [-0.05, 0) is 40.5 Å². The van der Waals surface area contributed by atoms with Crippen molar-refractivity contribution in [3.05, 3.63) is 17.0 Å². The summed E-state index contributed by atoms with van der Waals surface area (Å²) in [6.45, 7) is 6.48. The van der Waals surface area contributed by atoms with Gasteiger partial charge in [-0.1, -0.05) is 0 Å². The summed E-state index contributed by atoms with van der Waals surface area (Å²) < 4.78 is 61.6. The highest BCUT2D eigenvalue weighted by molar-refractivity contribution is 7.85. The van der Waals surface area contributed by atoms with Crippen LogP contribution in [0.25, 0.3) is 0 Å². The number of ether oxygens (including phenoxy) is 1. The van der Waals surface area contributed by atoms with Gasteiger partial charge >= 0.3 is 12.0 Å². The lowest BCUT2D eigenvalue weighted by molar-refractivity contribution is -0.122. The maximum absolute atomic E-state index is 14.9. The Morgan fingerprint density at radius 1 is 1.40 bits per heavy atom. The zero-order valence-electron chi connectivity index (χ0n) is 17.7. The van der Waals surface area contributed by atoms with Crippen molar-refractivity contribution in [3.8, 4) is 0 Å². The van der Waals surface area contributed by atoms with Gasteiger partial charge in [0.2, 0.25) is 0 Å². The molecular weight excluding hydrogens is 424 g/mol. The molecule has 0 aliphatic carbocycles. The molecule has 12 heteroatoms. The number of carbonyl (C=O) groups is 1. The lowest BCUT2D eigenvalue weighted by atomic mass is 9.95. The molecule has 2 rings (SSSR count). The first-order valence-electron chi connectivity index (χ1n) is 9.58. The highest BCUT2D eigenvalue weighted by atomic mass is 32.2. The predicted octanol–water partition coefficient (Wildman–Crippen LogP) is 2.30. The van der Waals surface area contributed by atoms with Crippen LogP contribution in [0.3, 0.4) is 0 Å². The van der Waals surface area contributed by atoms with Crippen LogP contribution < -0.4 is 0 Å². The molecule has 0 saturated carbocycles. The van der Waals surface area contributed by atoms with Crippen molar-refractivity contribution < 1.29 is 36.0 Å². The highest BCUT2D eigenvalue weighted by Gasteiger charge is 2.46. The number of carbonyl (C=O) groups excluding carboxylic acids is 1. The van der Waals surface area contributed by atoms with Crippen LogP contribution in [-0.4, -0.2) is 65.3 Å². The van der Waals surface area contributed by atoms with Crippen molar-refractivity contribution in [2.45, 2.75) is 77.2 Å². The van der Waals surface area contributed by atoms with E-state index in [0.29, 0.717) is 5.69 Å². The SMILES string of the molecule is C[C@@H]1Cc2n[nH]c(C(F)(F)C(O)CCCOS(C)(=O)=O)c2CN1C(=O)OC(C)(C)C. The van der Waals surface area contributed by atoms with Gasteiger partial charge < -0.3 is 14.7 Å². The summed E-state index contributed by atoms with van der Waals surface area (Å²) in [5.41, 5.74) is -0.737. The topological polar surface area (TPSA) is 122 Å². The third-order valence-electron chi connectivity index (χ3n) is 4.60. The Hall–Kier alpha value is -1.79. The van der Waals surface area contributed by atoms with E-state index in [1.807, 2.05) is 0 Å². The number of fused-ring (bicyclic) bond motifs is 1. The quantitative estimate of drug-likeness (QED) is 0.480. The van der Waals surface area contributed by atoms with Crippen LogP contribution in [0.4, 0.5) is 13.6 Å². The first kappa shape index (κ1) is 24.5. The lowest BCUT2D eigenvalue weighted by Gasteiger charge is -2.35. The molecule has 0 aromatic carbocycles. The molecule has 172 valence electrons. The van der Waals surface area contributed by atoms with Crippen LogP contribution in [-0.2, 0) is 37.9 Å². The van der Waals surface area contributed by atoms with Crippen LogP contribution in [0.5, 0.6) is 0 Å². The van der Waals surface area contributed by atoms with E-state index in [1.54, 1.807) is 27.7 Å². The maximum atomic E-state index is 14.9. The van der Waals surface area contributed by atoms with E-state index in [9.17, 15) is 27.1 Å². The van der Waals surface area contributed by atoms with Crippen molar-refractivity contribution in [3.63, 3.8) is 0 Å².